The van der Waals surface area contributed by atoms with Gasteiger partial charge in [0.2, 0.25) is 0 Å². The van der Waals surface area contributed by atoms with E-state index in [1.54, 1.807) is 6.07 Å². The molecule has 1 aromatic rings. The van der Waals surface area contributed by atoms with Gasteiger partial charge in [-0.05, 0) is 36.7 Å². The second-order valence-corrected chi connectivity index (χ2v) is 3.53. The first-order chi connectivity index (χ1) is 7.27. The second-order valence-electron chi connectivity index (χ2n) is 3.09. The summed E-state index contributed by atoms with van der Waals surface area (Å²) in [4.78, 5) is 0. The Morgan fingerprint density at radius 3 is 2.93 bits per heavy atom. The molecule has 0 aromatic heterocycles. The van der Waals surface area contributed by atoms with Crippen molar-refractivity contribution in [2.24, 2.45) is 5.73 Å². The molecule has 0 saturated heterocycles. The fourth-order valence-corrected chi connectivity index (χ4v) is 1.45. The van der Waals surface area contributed by atoms with Crippen molar-refractivity contribution in [1.29, 1.82) is 0 Å². The second kappa shape index (κ2) is 6.34. The van der Waals surface area contributed by atoms with Crippen LogP contribution in [0.5, 0.6) is 5.75 Å². The van der Waals surface area contributed by atoms with Crippen LogP contribution in [0, 0.1) is 12.3 Å². The fraction of sp³-hybridized carbons (Fsp3) is 0.333. The molecule has 80 valence electrons. The van der Waals surface area contributed by atoms with E-state index >= 15 is 0 Å². The van der Waals surface area contributed by atoms with Gasteiger partial charge in [0.1, 0.15) is 5.75 Å². The number of hydrogen-bond acceptors (Lipinski definition) is 2. The molecule has 0 atom stereocenters. The summed E-state index contributed by atoms with van der Waals surface area (Å²) in [7, 11) is 0. The summed E-state index contributed by atoms with van der Waals surface area (Å²) in [5.41, 5.74) is 6.53. The molecule has 2 nitrogen and oxygen atoms in total. The normalized spacial score (nSPS) is 9.67. The topological polar surface area (TPSA) is 35.2 Å². The van der Waals surface area contributed by atoms with Crippen LogP contribution in [0.1, 0.15) is 12.0 Å². The van der Waals surface area contributed by atoms with Gasteiger partial charge in [-0.15, -0.1) is 12.3 Å². The van der Waals surface area contributed by atoms with Crippen LogP contribution in [0.15, 0.2) is 18.2 Å². The van der Waals surface area contributed by atoms with Gasteiger partial charge in [0.15, 0.2) is 0 Å². The van der Waals surface area contributed by atoms with Crippen molar-refractivity contribution in [2.75, 3.05) is 13.2 Å². The summed E-state index contributed by atoms with van der Waals surface area (Å²) in [5, 5.41) is 0.697. The van der Waals surface area contributed by atoms with Crippen molar-refractivity contribution in [3.05, 3.63) is 28.8 Å². The van der Waals surface area contributed by atoms with E-state index in [2.05, 4.69) is 5.92 Å². The highest BCUT2D eigenvalue weighted by Gasteiger charge is 2.03. The van der Waals surface area contributed by atoms with E-state index in [0.29, 0.717) is 24.6 Å². The molecule has 1 rings (SSSR count). The number of benzene rings is 1. The third-order valence-electron chi connectivity index (χ3n) is 1.94. The maximum Gasteiger partial charge on any atom is 0.122 e. The highest BCUT2D eigenvalue weighted by molar-refractivity contribution is 6.30. The van der Waals surface area contributed by atoms with Gasteiger partial charge >= 0.3 is 0 Å². The Morgan fingerprint density at radius 2 is 2.27 bits per heavy atom. The average molecular weight is 224 g/mol. The summed E-state index contributed by atoms with van der Waals surface area (Å²) in [6.45, 7) is 1.10. The van der Waals surface area contributed by atoms with E-state index < -0.39 is 0 Å². The Labute approximate surface area is 95.4 Å². The smallest absolute Gasteiger partial charge is 0.122 e. The third-order valence-corrected chi connectivity index (χ3v) is 2.18. The number of rotatable bonds is 5. The molecule has 0 amide bonds. The van der Waals surface area contributed by atoms with Crippen LogP contribution in [0.25, 0.3) is 0 Å². The number of hydrogen-bond donors (Lipinski definition) is 1. The van der Waals surface area contributed by atoms with E-state index in [4.69, 9.17) is 28.5 Å². The van der Waals surface area contributed by atoms with E-state index in [1.165, 1.54) is 0 Å². The van der Waals surface area contributed by atoms with Crippen molar-refractivity contribution in [2.45, 2.75) is 12.8 Å². The predicted molar refractivity (Wildman–Crippen MR) is 63.2 cm³/mol. The molecule has 0 heterocycles. The van der Waals surface area contributed by atoms with Crippen LogP contribution in [-0.2, 0) is 6.42 Å². The van der Waals surface area contributed by atoms with E-state index in [-0.39, 0.29) is 0 Å². The Bertz CT molecular complexity index is 357. The maximum absolute atomic E-state index is 5.89. The van der Waals surface area contributed by atoms with Gasteiger partial charge in [0.05, 0.1) is 6.61 Å². The third kappa shape index (κ3) is 3.83. The highest BCUT2D eigenvalue weighted by atomic mass is 35.5. The summed E-state index contributed by atoms with van der Waals surface area (Å²) < 4.78 is 5.53. The molecule has 3 heteroatoms. The van der Waals surface area contributed by atoms with Crippen molar-refractivity contribution in [3.63, 3.8) is 0 Å². The minimum absolute atomic E-state index is 0.524. The van der Waals surface area contributed by atoms with Gasteiger partial charge in [-0.25, -0.2) is 0 Å². The minimum Gasteiger partial charge on any atom is -0.492 e. The molecule has 2 N–H and O–H groups in total. The van der Waals surface area contributed by atoms with Crippen LogP contribution < -0.4 is 10.5 Å². The van der Waals surface area contributed by atoms with Gasteiger partial charge in [-0.3, -0.25) is 0 Å². The molecule has 0 aliphatic rings. The van der Waals surface area contributed by atoms with Crippen molar-refractivity contribution >= 4 is 11.6 Å². The van der Waals surface area contributed by atoms with Crippen LogP contribution in [-0.4, -0.2) is 13.2 Å². The zero-order chi connectivity index (χ0) is 11.1. The largest absolute Gasteiger partial charge is 0.492 e. The first-order valence-electron chi connectivity index (χ1n) is 4.82. The monoisotopic (exact) mass is 223 g/mol. The SMILES string of the molecule is C#CCCOc1ccc(Cl)cc1CCN. The Balaban J connectivity index is 2.72. The number of nitrogens with two attached hydrogens (primary N) is 1. The molecule has 0 bridgehead atoms. The molecule has 0 aliphatic heterocycles. The zero-order valence-electron chi connectivity index (χ0n) is 8.50. The van der Waals surface area contributed by atoms with Gasteiger partial charge < -0.3 is 10.5 Å². The molecule has 0 saturated carbocycles. The Morgan fingerprint density at radius 1 is 1.47 bits per heavy atom. The predicted octanol–water partition coefficient (Wildman–Crippen LogP) is 2.24. The molecule has 0 spiro atoms. The van der Waals surface area contributed by atoms with E-state index in [1.807, 2.05) is 12.1 Å². The van der Waals surface area contributed by atoms with Crippen molar-refractivity contribution < 1.29 is 4.74 Å². The molecule has 15 heavy (non-hydrogen) atoms. The summed E-state index contributed by atoms with van der Waals surface area (Å²) in [6, 6.07) is 5.52. The molecule has 0 aliphatic carbocycles. The van der Waals surface area contributed by atoms with Crippen LogP contribution in [0.3, 0.4) is 0 Å². The molecular formula is C12H14ClNO. The Hall–Kier alpha value is -1.17. The average Bonchev–Trinajstić information content (AvgIpc) is 2.22. The lowest BCUT2D eigenvalue weighted by atomic mass is 10.1. The lowest BCUT2D eigenvalue weighted by Gasteiger charge is -2.10. The maximum atomic E-state index is 5.89. The van der Waals surface area contributed by atoms with E-state index in [9.17, 15) is 0 Å². The summed E-state index contributed by atoms with van der Waals surface area (Å²) in [6.07, 6.45) is 6.50. The van der Waals surface area contributed by atoms with Crippen molar-refractivity contribution in [3.8, 4) is 18.1 Å². The van der Waals surface area contributed by atoms with Gasteiger partial charge in [-0.1, -0.05) is 11.6 Å². The first-order valence-corrected chi connectivity index (χ1v) is 5.20. The fourth-order valence-electron chi connectivity index (χ4n) is 1.26. The standard InChI is InChI=1S/C12H14ClNO/c1-2-3-8-15-12-5-4-11(13)9-10(12)6-7-14/h1,4-5,9H,3,6-8,14H2. The number of halogens is 1. The number of terminal acetylenes is 1. The molecule has 1 aromatic carbocycles. The quantitative estimate of drug-likeness (QED) is 0.614. The van der Waals surface area contributed by atoms with Gasteiger partial charge in [0.25, 0.3) is 0 Å². The number of ether oxygens (including phenoxy) is 1. The first kappa shape index (κ1) is 11.9. The molecule has 0 radical (unpaired) electrons. The summed E-state index contributed by atoms with van der Waals surface area (Å²) >= 11 is 5.89. The molecule has 0 unspecified atom stereocenters. The highest BCUT2D eigenvalue weighted by Crippen LogP contribution is 2.23. The Kier molecular flexibility index (Phi) is 5.03. The lowest BCUT2D eigenvalue weighted by Crippen LogP contribution is -2.06. The lowest BCUT2D eigenvalue weighted by molar-refractivity contribution is 0.324. The van der Waals surface area contributed by atoms with E-state index in [0.717, 1.165) is 17.7 Å². The zero-order valence-corrected chi connectivity index (χ0v) is 9.26. The van der Waals surface area contributed by atoms with Crippen molar-refractivity contribution in [1.82, 2.24) is 0 Å². The van der Waals surface area contributed by atoms with Gasteiger partial charge in [-0.2, -0.15) is 0 Å². The van der Waals surface area contributed by atoms with Gasteiger partial charge in [0, 0.05) is 11.4 Å². The minimum atomic E-state index is 0.524. The molecular weight excluding hydrogens is 210 g/mol. The van der Waals surface area contributed by atoms with Crippen LogP contribution >= 0.6 is 11.6 Å². The van der Waals surface area contributed by atoms with Crippen LogP contribution in [0.2, 0.25) is 5.02 Å². The van der Waals surface area contributed by atoms with Crippen LogP contribution in [0.4, 0.5) is 0 Å². The molecule has 0 fully saturated rings. The summed E-state index contributed by atoms with van der Waals surface area (Å²) in [5.74, 6) is 3.34.